The SMILES string of the molecule is COc1ccc(CN2C[C@@H](O)[C@@H](NC(=O)c3cc(NC(C)=O)ccc3F)C2)cc1. The molecule has 0 spiro atoms. The average Bonchev–Trinajstić information content (AvgIpc) is 3.02. The molecular weight excluding hydrogens is 377 g/mol. The van der Waals surface area contributed by atoms with Crippen molar-refractivity contribution in [1.82, 2.24) is 10.2 Å². The Morgan fingerprint density at radius 2 is 1.93 bits per heavy atom. The lowest BCUT2D eigenvalue weighted by molar-refractivity contribution is -0.114. The van der Waals surface area contributed by atoms with E-state index in [4.69, 9.17) is 4.74 Å². The van der Waals surface area contributed by atoms with Gasteiger partial charge in [0.2, 0.25) is 5.91 Å². The van der Waals surface area contributed by atoms with Crippen LogP contribution in [-0.2, 0) is 11.3 Å². The largest absolute Gasteiger partial charge is 0.497 e. The van der Waals surface area contributed by atoms with Crippen molar-refractivity contribution in [1.29, 1.82) is 0 Å². The molecule has 0 bridgehead atoms. The third-order valence-corrected chi connectivity index (χ3v) is 4.78. The van der Waals surface area contributed by atoms with E-state index in [1.807, 2.05) is 29.2 Å². The summed E-state index contributed by atoms with van der Waals surface area (Å²) in [5, 5.41) is 15.5. The standard InChI is InChI=1S/C21H24FN3O4/c1-13(26)23-15-5-8-18(22)17(9-15)21(28)24-19-11-25(12-20(19)27)10-14-3-6-16(29-2)7-4-14/h3-9,19-20,27H,10-12H2,1-2H3,(H,23,26)(H,24,28)/t19-,20+/m0/s1. The molecule has 154 valence electrons. The van der Waals surface area contributed by atoms with Crippen LogP contribution in [-0.4, -0.2) is 54.2 Å². The van der Waals surface area contributed by atoms with E-state index in [2.05, 4.69) is 10.6 Å². The monoisotopic (exact) mass is 401 g/mol. The Kier molecular flexibility index (Phi) is 6.46. The molecule has 0 aliphatic carbocycles. The number of nitrogens with zero attached hydrogens (tertiary/aromatic N) is 1. The fourth-order valence-corrected chi connectivity index (χ4v) is 3.35. The highest BCUT2D eigenvalue weighted by atomic mass is 19.1. The van der Waals surface area contributed by atoms with Gasteiger partial charge in [0.1, 0.15) is 11.6 Å². The van der Waals surface area contributed by atoms with E-state index in [0.29, 0.717) is 25.3 Å². The third-order valence-electron chi connectivity index (χ3n) is 4.78. The Morgan fingerprint density at radius 3 is 2.59 bits per heavy atom. The van der Waals surface area contributed by atoms with Gasteiger partial charge in [-0.15, -0.1) is 0 Å². The number of aliphatic hydroxyl groups is 1. The Labute approximate surface area is 168 Å². The Hall–Kier alpha value is -2.97. The van der Waals surface area contributed by atoms with Gasteiger partial charge in [0.15, 0.2) is 0 Å². The molecule has 0 unspecified atom stereocenters. The summed E-state index contributed by atoms with van der Waals surface area (Å²) in [6.07, 6.45) is -0.765. The van der Waals surface area contributed by atoms with Gasteiger partial charge in [0.05, 0.1) is 24.8 Å². The fraction of sp³-hybridized carbons (Fsp3) is 0.333. The molecule has 29 heavy (non-hydrogen) atoms. The number of methoxy groups -OCH3 is 1. The molecule has 2 aromatic rings. The van der Waals surface area contributed by atoms with Crippen LogP contribution in [0.3, 0.4) is 0 Å². The number of rotatable bonds is 6. The molecule has 2 amide bonds. The van der Waals surface area contributed by atoms with Crippen LogP contribution in [0.15, 0.2) is 42.5 Å². The fourth-order valence-electron chi connectivity index (χ4n) is 3.35. The predicted octanol–water partition coefficient (Wildman–Crippen LogP) is 1.77. The lowest BCUT2D eigenvalue weighted by Gasteiger charge is -2.17. The van der Waals surface area contributed by atoms with Gasteiger partial charge in [-0.2, -0.15) is 0 Å². The Balaban J connectivity index is 1.62. The maximum absolute atomic E-state index is 14.1. The first-order valence-corrected chi connectivity index (χ1v) is 9.27. The summed E-state index contributed by atoms with van der Waals surface area (Å²) in [5.41, 5.74) is 1.20. The van der Waals surface area contributed by atoms with Gasteiger partial charge in [-0.25, -0.2) is 4.39 Å². The summed E-state index contributed by atoms with van der Waals surface area (Å²) < 4.78 is 19.2. The van der Waals surface area contributed by atoms with Crippen LogP contribution in [0.25, 0.3) is 0 Å². The van der Waals surface area contributed by atoms with Gasteiger partial charge >= 0.3 is 0 Å². The molecule has 1 saturated heterocycles. The summed E-state index contributed by atoms with van der Waals surface area (Å²) in [6, 6.07) is 10.9. The number of benzene rings is 2. The van der Waals surface area contributed by atoms with Crippen LogP contribution in [0, 0.1) is 5.82 Å². The maximum atomic E-state index is 14.1. The first kappa shape index (κ1) is 20.8. The normalized spacial score (nSPS) is 19.0. The number of β-amino-alcohol motifs (C(OH)–C–C–N with tert-alkyl or cyclic N) is 1. The highest BCUT2D eigenvalue weighted by molar-refractivity contribution is 5.97. The van der Waals surface area contributed by atoms with Crippen LogP contribution < -0.4 is 15.4 Å². The van der Waals surface area contributed by atoms with Gasteiger partial charge in [0, 0.05) is 32.2 Å². The zero-order valence-electron chi connectivity index (χ0n) is 16.3. The van der Waals surface area contributed by atoms with E-state index in [-0.39, 0.29) is 11.5 Å². The number of hydrogen-bond acceptors (Lipinski definition) is 5. The van der Waals surface area contributed by atoms with Crippen LogP contribution >= 0.6 is 0 Å². The van der Waals surface area contributed by atoms with Gasteiger partial charge in [-0.1, -0.05) is 12.1 Å². The minimum Gasteiger partial charge on any atom is -0.497 e. The highest BCUT2D eigenvalue weighted by Crippen LogP contribution is 2.19. The molecule has 1 heterocycles. The van der Waals surface area contributed by atoms with Gasteiger partial charge in [-0.3, -0.25) is 14.5 Å². The van der Waals surface area contributed by atoms with E-state index < -0.39 is 23.9 Å². The van der Waals surface area contributed by atoms with Crippen molar-refractivity contribution in [3.63, 3.8) is 0 Å². The van der Waals surface area contributed by atoms with Crippen LogP contribution in [0.1, 0.15) is 22.8 Å². The molecular formula is C21H24FN3O4. The number of halogens is 1. The zero-order valence-corrected chi connectivity index (χ0v) is 16.3. The van der Waals surface area contributed by atoms with Crippen molar-refractivity contribution in [2.45, 2.75) is 25.6 Å². The summed E-state index contributed by atoms with van der Waals surface area (Å²) in [7, 11) is 1.60. The molecule has 0 radical (unpaired) electrons. The van der Waals surface area contributed by atoms with E-state index >= 15 is 0 Å². The van der Waals surface area contributed by atoms with E-state index in [9.17, 15) is 19.1 Å². The van der Waals surface area contributed by atoms with Crippen LogP contribution in [0.5, 0.6) is 5.75 Å². The first-order valence-electron chi connectivity index (χ1n) is 9.27. The lowest BCUT2D eigenvalue weighted by atomic mass is 10.1. The molecule has 1 aliphatic heterocycles. The molecule has 2 aromatic carbocycles. The topological polar surface area (TPSA) is 90.9 Å². The molecule has 3 rings (SSSR count). The number of hydrogen-bond donors (Lipinski definition) is 3. The smallest absolute Gasteiger partial charge is 0.254 e. The summed E-state index contributed by atoms with van der Waals surface area (Å²) >= 11 is 0. The molecule has 2 atom stereocenters. The maximum Gasteiger partial charge on any atom is 0.254 e. The number of ether oxygens (including phenoxy) is 1. The molecule has 1 fully saturated rings. The minimum atomic E-state index is -0.765. The van der Waals surface area contributed by atoms with Crippen LogP contribution in [0.2, 0.25) is 0 Å². The second kappa shape index (κ2) is 9.02. The number of amides is 2. The minimum absolute atomic E-state index is 0.183. The average molecular weight is 401 g/mol. The molecule has 7 nitrogen and oxygen atoms in total. The van der Waals surface area contributed by atoms with Crippen molar-refractivity contribution in [3.8, 4) is 5.75 Å². The van der Waals surface area contributed by atoms with Crippen molar-refractivity contribution >= 4 is 17.5 Å². The summed E-state index contributed by atoms with van der Waals surface area (Å²) in [4.78, 5) is 25.7. The summed E-state index contributed by atoms with van der Waals surface area (Å²) in [6.45, 7) is 2.77. The number of likely N-dealkylation sites (tertiary alicyclic amines) is 1. The molecule has 3 N–H and O–H groups in total. The molecule has 0 saturated carbocycles. The third kappa shape index (κ3) is 5.30. The Bertz CT molecular complexity index is 888. The van der Waals surface area contributed by atoms with Crippen molar-refractivity contribution in [3.05, 3.63) is 59.4 Å². The molecule has 0 aromatic heterocycles. The zero-order chi connectivity index (χ0) is 21.0. The Morgan fingerprint density at radius 1 is 1.21 bits per heavy atom. The van der Waals surface area contributed by atoms with Crippen molar-refractivity contribution in [2.75, 3.05) is 25.5 Å². The van der Waals surface area contributed by atoms with Crippen molar-refractivity contribution in [2.24, 2.45) is 0 Å². The number of aliphatic hydroxyl groups excluding tert-OH is 1. The number of carbonyl (C=O) groups is 2. The van der Waals surface area contributed by atoms with E-state index in [1.54, 1.807) is 7.11 Å². The lowest BCUT2D eigenvalue weighted by Crippen LogP contribution is -2.43. The van der Waals surface area contributed by atoms with E-state index in [0.717, 1.165) is 17.4 Å². The molecule has 8 heteroatoms. The predicted molar refractivity (Wildman–Crippen MR) is 106 cm³/mol. The molecule has 1 aliphatic rings. The second-order valence-electron chi connectivity index (χ2n) is 7.07. The number of anilines is 1. The first-order chi connectivity index (χ1) is 13.9. The van der Waals surface area contributed by atoms with Gasteiger partial charge in [-0.05, 0) is 35.9 Å². The number of carbonyl (C=O) groups excluding carboxylic acids is 2. The second-order valence-corrected chi connectivity index (χ2v) is 7.07. The van der Waals surface area contributed by atoms with Gasteiger partial charge in [0.25, 0.3) is 5.91 Å². The quantitative estimate of drug-likeness (QED) is 0.686. The van der Waals surface area contributed by atoms with Gasteiger partial charge < -0.3 is 20.5 Å². The highest BCUT2D eigenvalue weighted by Gasteiger charge is 2.33. The number of nitrogens with one attached hydrogen (secondary N) is 2. The van der Waals surface area contributed by atoms with Crippen molar-refractivity contribution < 1.29 is 23.8 Å². The van der Waals surface area contributed by atoms with Crippen LogP contribution in [0.4, 0.5) is 10.1 Å². The van der Waals surface area contributed by atoms with E-state index in [1.165, 1.54) is 19.1 Å². The summed E-state index contributed by atoms with van der Waals surface area (Å²) in [5.74, 6) is -0.878.